The number of rotatable bonds is 3. The van der Waals surface area contributed by atoms with Crippen LogP contribution in [0.4, 0.5) is 0 Å². The lowest BCUT2D eigenvalue weighted by Gasteiger charge is -2.54. The van der Waals surface area contributed by atoms with Crippen molar-refractivity contribution in [3.8, 4) is 0 Å². The molecule has 2 aliphatic rings. The van der Waals surface area contributed by atoms with Crippen LogP contribution in [-0.2, 0) is 4.79 Å². The van der Waals surface area contributed by atoms with Crippen molar-refractivity contribution in [1.82, 2.24) is 10.2 Å². The molecule has 1 aliphatic heterocycles. The van der Waals surface area contributed by atoms with Crippen molar-refractivity contribution in [3.05, 3.63) is 0 Å². The first-order valence-electron chi connectivity index (χ1n) is 8.08. The summed E-state index contributed by atoms with van der Waals surface area (Å²) in [6, 6.07) is 0.409. The number of carbonyl (C=O) groups excluding carboxylic acids is 1. The van der Waals surface area contributed by atoms with Crippen molar-refractivity contribution in [2.75, 3.05) is 13.6 Å². The highest BCUT2D eigenvalue weighted by Gasteiger charge is 2.46. The maximum Gasteiger partial charge on any atom is 0.225 e. The summed E-state index contributed by atoms with van der Waals surface area (Å²) < 4.78 is 0. The second kappa shape index (κ2) is 6.25. The quantitative estimate of drug-likeness (QED) is 0.852. The Morgan fingerprint density at radius 2 is 1.84 bits per heavy atom. The van der Waals surface area contributed by atoms with Gasteiger partial charge >= 0.3 is 0 Å². The lowest BCUT2D eigenvalue weighted by atomic mass is 9.72. The van der Waals surface area contributed by atoms with Gasteiger partial charge in [0.2, 0.25) is 5.91 Å². The Balaban J connectivity index is 2.25. The number of nitrogens with zero attached hydrogens (tertiary/aromatic N) is 1. The third-order valence-electron chi connectivity index (χ3n) is 5.01. The van der Waals surface area contributed by atoms with E-state index in [1.54, 1.807) is 0 Å². The normalized spacial score (nSPS) is 26.9. The molecule has 2 rings (SSSR count). The maximum atomic E-state index is 12.8. The predicted octanol–water partition coefficient (Wildman–Crippen LogP) is 2.95. The van der Waals surface area contributed by atoms with Gasteiger partial charge in [0.15, 0.2) is 0 Å². The number of hydrogen-bond acceptors (Lipinski definition) is 2. The number of likely N-dealkylation sites (N-methyl/N-ethyl adjacent to an activating group) is 1. The minimum Gasteiger partial charge on any atom is -0.333 e. The molecule has 0 bridgehead atoms. The minimum atomic E-state index is 0.122. The molecule has 1 unspecified atom stereocenters. The fraction of sp³-hybridized carbons (Fsp3) is 0.938. The largest absolute Gasteiger partial charge is 0.333 e. The molecular formula is C16H30N2O. The van der Waals surface area contributed by atoms with Crippen LogP contribution in [0.25, 0.3) is 0 Å². The standard InChI is InChI=1S/C16H30N2O/c1-13(2)15(19)18-14(12-17-3)8-7-11-16(18)9-5-4-6-10-16/h13-14,17H,4-12H2,1-3H3. The molecule has 1 N–H and O–H groups in total. The van der Waals surface area contributed by atoms with Crippen molar-refractivity contribution in [1.29, 1.82) is 0 Å². The molecule has 0 aromatic rings. The van der Waals surface area contributed by atoms with Crippen LogP contribution in [0.2, 0.25) is 0 Å². The van der Waals surface area contributed by atoms with E-state index in [1.807, 2.05) is 20.9 Å². The number of carbonyl (C=O) groups is 1. The fourth-order valence-electron chi connectivity index (χ4n) is 4.13. The first-order valence-corrected chi connectivity index (χ1v) is 8.08. The van der Waals surface area contributed by atoms with Gasteiger partial charge in [-0.3, -0.25) is 4.79 Å². The van der Waals surface area contributed by atoms with Crippen molar-refractivity contribution >= 4 is 5.91 Å². The lowest BCUT2D eigenvalue weighted by molar-refractivity contribution is -0.150. The van der Waals surface area contributed by atoms with Gasteiger partial charge in [0.1, 0.15) is 0 Å². The lowest BCUT2D eigenvalue weighted by Crippen LogP contribution is -2.62. The van der Waals surface area contributed by atoms with E-state index in [0.29, 0.717) is 11.9 Å². The summed E-state index contributed by atoms with van der Waals surface area (Å²) in [5.41, 5.74) is 0.194. The van der Waals surface area contributed by atoms with Crippen LogP contribution < -0.4 is 5.32 Å². The minimum absolute atomic E-state index is 0.122. The summed E-state index contributed by atoms with van der Waals surface area (Å²) >= 11 is 0. The Labute approximate surface area is 118 Å². The Morgan fingerprint density at radius 1 is 1.21 bits per heavy atom. The van der Waals surface area contributed by atoms with Gasteiger partial charge in [-0.05, 0) is 39.2 Å². The molecule has 2 fully saturated rings. The molecule has 3 heteroatoms. The van der Waals surface area contributed by atoms with Crippen LogP contribution in [0, 0.1) is 5.92 Å². The van der Waals surface area contributed by atoms with Gasteiger partial charge in [-0.15, -0.1) is 0 Å². The van der Waals surface area contributed by atoms with Gasteiger partial charge in [-0.2, -0.15) is 0 Å². The van der Waals surface area contributed by atoms with Crippen molar-refractivity contribution in [3.63, 3.8) is 0 Å². The molecular weight excluding hydrogens is 236 g/mol. The molecule has 1 spiro atoms. The van der Waals surface area contributed by atoms with Crippen molar-refractivity contribution < 1.29 is 4.79 Å². The highest BCUT2D eigenvalue weighted by Crippen LogP contribution is 2.43. The Kier molecular flexibility index (Phi) is 4.88. The smallest absolute Gasteiger partial charge is 0.225 e. The number of piperidine rings is 1. The third kappa shape index (κ3) is 2.96. The van der Waals surface area contributed by atoms with Gasteiger partial charge in [0.05, 0.1) is 0 Å². The predicted molar refractivity (Wildman–Crippen MR) is 79.1 cm³/mol. The Hall–Kier alpha value is -0.570. The Morgan fingerprint density at radius 3 is 2.42 bits per heavy atom. The third-order valence-corrected chi connectivity index (χ3v) is 5.01. The summed E-state index contributed by atoms with van der Waals surface area (Å²) in [5, 5.41) is 3.29. The van der Waals surface area contributed by atoms with Crippen LogP contribution in [-0.4, -0.2) is 36.0 Å². The summed E-state index contributed by atoms with van der Waals surface area (Å²) in [4.78, 5) is 15.1. The van der Waals surface area contributed by atoms with Crippen LogP contribution in [0.3, 0.4) is 0 Å². The molecule has 1 amide bonds. The molecule has 1 atom stereocenters. The molecule has 0 aromatic heterocycles. The van der Waals surface area contributed by atoms with Crippen molar-refractivity contribution in [2.45, 2.75) is 76.8 Å². The van der Waals surface area contributed by atoms with E-state index in [4.69, 9.17) is 0 Å². The van der Waals surface area contributed by atoms with E-state index < -0.39 is 0 Å². The topological polar surface area (TPSA) is 32.3 Å². The van der Waals surface area contributed by atoms with Gasteiger partial charge in [-0.25, -0.2) is 0 Å². The maximum absolute atomic E-state index is 12.8. The van der Waals surface area contributed by atoms with Crippen LogP contribution in [0.5, 0.6) is 0 Å². The molecule has 1 aliphatic carbocycles. The van der Waals surface area contributed by atoms with Gasteiger partial charge in [0.25, 0.3) is 0 Å². The first-order chi connectivity index (χ1) is 9.10. The highest BCUT2D eigenvalue weighted by molar-refractivity contribution is 5.79. The average Bonchev–Trinajstić information content (AvgIpc) is 2.39. The second-order valence-corrected chi connectivity index (χ2v) is 6.75. The van der Waals surface area contributed by atoms with Crippen LogP contribution in [0.1, 0.15) is 65.2 Å². The zero-order valence-electron chi connectivity index (χ0n) is 12.9. The zero-order valence-corrected chi connectivity index (χ0v) is 12.9. The molecule has 1 heterocycles. The molecule has 19 heavy (non-hydrogen) atoms. The van der Waals surface area contributed by atoms with Crippen LogP contribution in [0.15, 0.2) is 0 Å². The number of hydrogen-bond donors (Lipinski definition) is 1. The zero-order chi connectivity index (χ0) is 13.9. The second-order valence-electron chi connectivity index (χ2n) is 6.75. The van der Waals surface area contributed by atoms with E-state index >= 15 is 0 Å². The number of likely N-dealkylation sites (tertiary alicyclic amines) is 1. The molecule has 1 saturated heterocycles. The molecule has 3 nitrogen and oxygen atoms in total. The SMILES string of the molecule is CNCC1CCCC2(CCCCC2)N1C(=O)C(C)C. The number of nitrogens with one attached hydrogen (secondary N) is 1. The van der Waals surface area contributed by atoms with Crippen molar-refractivity contribution in [2.24, 2.45) is 5.92 Å². The summed E-state index contributed by atoms with van der Waals surface area (Å²) in [7, 11) is 2.00. The molecule has 0 aromatic carbocycles. The van der Waals surface area contributed by atoms with E-state index in [9.17, 15) is 4.79 Å². The van der Waals surface area contributed by atoms with E-state index in [1.165, 1.54) is 51.4 Å². The number of amides is 1. The molecule has 110 valence electrons. The Bertz CT molecular complexity index is 300. The first kappa shape index (κ1) is 14.8. The van der Waals surface area contributed by atoms with Gasteiger partial charge < -0.3 is 10.2 Å². The monoisotopic (exact) mass is 266 g/mol. The summed E-state index contributed by atoms with van der Waals surface area (Å²) in [6.45, 7) is 5.04. The van der Waals surface area contributed by atoms with Gasteiger partial charge in [0, 0.05) is 24.0 Å². The molecule has 0 radical (unpaired) electrons. The van der Waals surface area contributed by atoms with Gasteiger partial charge in [-0.1, -0.05) is 33.1 Å². The van der Waals surface area contributed by atoms with E-state index in [0.717, 1.165) is 6.54 Å². The summed E-state index contributed by atoms with van der Waals surface area (Å²) in [5.74, 6) is 0.498. The molecule has 1 saturated carbocycles. The van der Waals surface area contributed by atoms with Crippen LogP contribution >= 0.6 is 0 Å². The fourth-order valence-corrected chi connectivity index (χ4v) is 4.13. The summed E-state index contributed by atoms with van der Waals surface area (Å²) in [6.07, 6.45) is 10.1. The average molecular weight is 266 g/mol. The van der Waals surface area contributed by atoms with E-state index in [-0.39, 0.29) is 11.5 Å². The highest BCUT2D eigenvalue weighted by atomic mass is 16.2. The van der Waals surface area contributed by atoms with E-state index in [2.05, 4.69) is 10.2 Å².